The lowest BCUT2D eigenvalue weighted by molar-refractivity contribution is -0.145. The Morgan fingerprint density at radius 1 is 1.07 bits per heavy atom. The fourth-order valence-corrected chi connectivity index (χ4v) is 2.91. The predicted octanol–water partition coefficient (Wildman–Crippen LogP) is 2.96. The Bertz CT molecular complexity index is 1000. The summed E-state index contributed by atoms with van der Waals surface area (Å²) in [7, 11) is 1.22. The van der Waals surface area contributed by atoms with Crippen molar-refractivity contribution < 1.29 is 23.1 Å². The molecule has 1 amide bonds. The van der Waals surface area contributed by atoms with Gasteiger partial charge in [0.15, 0.2) is 0 Å². The van der Waals surface area contributed by atoms with Crippen molar-refractivity contribution in [3.63, 3.8) is 0 Å². The summed E-state index contributed by atoms with van der Waals surface area (Å²) in [6.45, 7) is 0. The number of aromatic nitrogens is 1. The van der Waals surface area contributed by atoms with Crippen LogP contribution >= 0.6 is 0 Å². The maximum Gasteiger partial charge on any atom is 0.328 e. The SMILES string of the molecule is COC(=O)[C@@H](Cc1ccc2ccccc2n1)NC(=O)Cc1cc(F)cc(F)c1. The number of amides is 1. The number of halogens is 2. The summed E-state index contributed by atoms with van der Waals surface area (Å²) in [5.74, 6) is -2.73. The number of nitrogens with one attached hydrogen (secondary N) is 1. The lowest BCUT2D eigenvalue weighted by Gasteiger charge is -2.16. The Hall–Kier alpha value is -3.35. The molecule has 1 N–H and O–H groups in total. The van der Waals surface area contributed by atoms with E-state index in [1.165, 1.54) is 7.11 Å². The number of rotatable bonds is 6. The maximum atomic E-state index is 13.3. The van der Waals surface area contributed by atoms with Gasteiger partial charge in [-0.2, -0.15) is 0 Å². The number of para-hydroxylation sites is 1. The standard InChI is InChI=1S/C21H18F2N2O3/c1-28-21(27)19(12-17-7-6-14-4-2-3-5-18(14)24-17)25-20(26)10-13-8-15(22)11-16(23)9-13/h2-9,11,19H,10,12H2,1H3,(H,25,26)/t19-/m1/s1. The molecule has 1 atom stereocenters. The van der Waals surface area contributed by atoms with Gasteiger partial charge in [-0.15, -0.1) is 0 Å². The minimum atomic E-state index is -0.968. The van der Waals surface area contributed by atoms with Crippen LogP contribution < -0.4 is 5.32 Å². The first kappa shape index (κ1) is 19.4. The van der Waals surface area contributed by atoms with E-state index in [1.54, 1.807) is 6.07 Å². The summed E-state index contributed by atoms with van der Waals surface area (Å²) >= 11 is 0. The normalized spacial score (nSPS) is 11.8. The Morgan fingerprint density at radius 3 is 2.50 bits per heavy atom. The van der Waals surface area contributed by atoms with Crippen LogP contribution in [0.15, 0.2) is 54.6 Å². The zero-order valence-electron chi connectivity index (χ0n) is 15.1. The van der Waals surface area contributed by atoms with Gasteiger partial charge in [0.1, 0.15) is 17.7 Å². The molecule has 0 fully saturated rings. The van der Waals surface area contributed by atoms with Crippen molar-refractivity contribution in [1.29, 1.82) is 0 Å². The summed E-state index contributed by atoms with van der Waals surface area (Å²) in [5, 5.41) is 3.51. The smallest absolute Gasteiger partial charge is 0.328 e. The zero-order valence-corrected chi connectivity index (χ0v) is 15.1. The fourth-order valence-electron chi connectivity index (χ4n) is 2.91. The molecule has 0 saturated carbocycles. The van der Waals surface area contributed by atoms with Crippen LogP contribution in [0.4, 0.5) is 8.78 Å². The highest BCUT2D eigenvalue weighted by Crippen LogP contribution is 2.14. The van der Waals surface area contributed by atoms with Gasteiger partial charge in [0.2, 0.25) is 5.91 Å². The third-order valence-electron chi connectivity index (χ3n) is 4.18. The van der Waals surface area contributed by atoms with Gasteiger partial charge >= 0.3 is 5.97 Å². The molecule has 0 unspecified atom stereocenters. The van der Waals surface area contributed by atoms with Crippen molar-refractivity contribution in [2.24, 2.45) is 0 Å². The number of carbonyl (C=O) groups is 2. The number of pyridine rings is 1. The number of carbonyl (C=O) groups excluding carboxylic acids is 2. The summed E-state index contributed by atoms with van der Waals surface area (Å²) in [6, 6.07) is 13.1. The van der Waals surface area contributed by atoms with Gasteiger partial charge in [0.25, 0.3) is 0 Å². The van der Waals surface area contributed by atoms with E-state index in [1.807, 2.05) is 30.3 Å². The quantitative estimate of drug-likeness (QED) is 0.664. The van der Waals surface area contributed by atoms with E-state index < -0.39 is 29.6 Å². The van der Waals surface area contributed by atoms with E-state index in [9.17, 15) is 18.4 Å². The molecule has 0 aliphatic heterocycles. The lowest BCUT2D eigenvalue weighted by atomic mass is 10.1. The molecular weight excluding hydrogens is 366 g/mol. The molecule has 0 radical (unpaired) electrons. The first-order valence-corrected chi connectivity index (χ1v) is 8.61. The Balaban J connectivity index is 1.73. The minimum Gasteiger partial charge on any atom is -0.467 e. The van der Waals surface area contributed by atoms with Gasteiger partial charge in [-0.1, -0.05) is 24.3 Å². The van der Waals surface area contributed by atoms with Crippen molar-refractivity contribution in [1.82, 2.24) is 10.3 Å². The number of nitrogens with zero attached hydrogens (tertiary/aromatic N) is 1. The molecule has 3 aromatic rings. The van der Waals surface area contributed by atoms with Crippen LogP contribution in [0.2, 0.25) is 0 Å². The molecular formula is C21H18F2N2O3. The van der Waals surface area contributed by atoms with Gasteiger partial charge in [0.05, 0.1) is 19.0 Å². The third kappa shape index (κ3) is 4.88. The van der Waals surface area contributed by atoms with E-state index >= 15 is 0 Å². The third-order valence-corrected chi connectivity index (χ3v) is 4.18. The first-order chi connectivity index (χ1) is 13.4. The summed E-state index contributed by atoms with van der Waals surface area (Å²) in [6.07, 6.45) is -0.145. The van der Waals surface area contributed by atoms with Crippen molar-refractivity contribution in [2.75, 3.05) is 7.11 Å². The number of fused-ring (bicyclic) bond motifs is 1. The van der Waals surface area contributed by atoms with Gasteiger partial charge < -0.3 is 10.1 Å². The van der Waals surface area contributed by atoms with Gasteiger partial charge in [-0.25, -0.2) is 13.6 Å². The van der Waals surface area contributed by atoms with Gasteiger partial charge in [-0.3, -0.25) is 9.78 Å². The van der Waals surface area contributed by atoms with Crippen molar-refractivity contribution in [2.45, 2.75) is 18.9 Å². The number of ether oxygens (including phenoxy) is 1. The van der Waals surface area contributed by atoms with Crippen molar-refractivity contribution >= 4 is 22.8 Å². The summed E-state index contributed by atoms with van der Waals surface area (Å²) in [4.78, 5) is 28.9. The minimum absolute atomic E-state index is 0.126. The second kappa shape index (κ2) is 8.56. The fraction of sp³-hybridized carbons (Fsp3) is 0.190. The molecule has 28 heavy (non-hydrogen) atoms. The Kier molecular flexibility index (Phi) is 5.93. The number of hydrogen-bond acceptors (Lipinski definition) is 4. The zero-order chi connectivity index (χ0) is 20.1. The molecule has 7 heteroatoms. The summed E-state index contributed by atoms with van der Waals surface area (Å²) in [5.41, 5.74) is 1.54. The molecule has 0 aliphatic carbocycles. The molecule has 2 aromatic carbocycles. The van der Waals surface area contributed by atoms with Crippen LogP contribution in [0.5, 0.6) is 0 Å². The van der Waals surface area contributed by atoms with E-state index in [2.05, 4.69) is 10.3 Å². The highest BCUT2D eigenvalue weighted by molar-refractivity contribution is 5.86. The Labute approximate surface area is 160 Å². The molecule has 0 aliphatic rings. The monoisotopic (exact) mass is 384 g/mol. The van der Waals surface area contributed by atoms with Crippen LogP contribution in [0.25, 0.3) is 10.9 Å². The summed E-state index contributed by atoms with van der Waals surface area (Å²) < 4.78 is 31.3. The molecule has 0 bridgehead atoms. The largest absolute Gasteiger partial charge is 0.467 e. The molecule has 0 spiro atoms. The molecule has 1 aromatic heterocycles. The van der Waals surface area contributed by atoms with Crippen LogP contribution in [-0.4, -0.2) is 30.0 Å². The van der Waals surface area contributed by atoms with Crippen molar-refractivity contribution in [3.8, 4) is 0 Å². The average Bonchev–Trinajstić information content (AvgIpc) is 2.65. The lowest BCUT2D eigenvalue weighted by Crippen LogP contribution is -2.43. The van der Waals surface area contributed by atoms with E-state index in [-0.39, 0.29) is 18.4 Å². The Morgan fingerprint density at radius 2 is 1.79 bits per heavy atom. The molecule has 5 nitrogen and oxygen atoms in total. The number of hydrogen-bond donors (Lipinski definition) is 1. The van der Waals surface area contributed by atoms with Crippen LogP contribution in [0.3, 0.4) is 0 Å². The average molecular weight is 384 g/mol. The second-order valence-corrected chi connectivity index (χ2v) is 6.30. The van der Waals surface area contributed by atoms with E-state index in [0.717, 1.165) is 29.1 Å². The van der Waals surface area contributed by atoms with Crippen LogP contribution in [0, 0.1) is 11.6 Å². The second-order valence-electron chi connectivity index (χ2n) is 6.30. The van der Waals surface area contributed by atoms with E-state index in [0.29, 0.717) is 5.69 Å². The van der Waals surface area contributed by atoms with Crippen LogP contribution in [0.1, 0.15) is 11.3 Å². The molecule has 0 saturated heterocycles. The van der Waals surface area contributed by atoms with Crippen LogP contribution in [-0.2, 0) is 27.2 Å². The first-order valence-electron chi connectivity index (χ1n) is 8.61. The van der Waals surface area contributed by atoms with E-state index in [4.69, 9.17) is 4.74 Å². The maximum absolute atomic E-state index is 13.3. The van der Waals surface area contributed by atoms with Gasteiger partial charge in [-0.05, 0) is 29.8 Å². The highest BCUT2D eigenvalue weighted by atomic mass is 19.1. The molecule has 144 valence electrons. The number of benzene rings is 2. The topological polar surface area (TPSA) is 68.3 Å². The molecule has 1 heterocycles. The predicted molar refractivity (Wildman–Crippen MR) is 99.5 cm³/mol. The number of methoxy groups -OCH3 is 1. The van der Waals surface area contributed by atoms with Crippen molar-refractivity contribution in [3.05, 3.63) is 77.5 Å². The highest BCUT2D eigenvalue weighted by Gasteiger charge is 2.23. The molecule has 3 rings (SSSR count). The van der Waals surface area contributed by atoms with Gasteiger partial charge in [0, 0.05) is 23.6 Å². The number of esters is 1.